The number of ether oxygens (including phenoxy) is 2. The van der Waals surface area contributed by atoms with E-state index in [4.69, 9.17) is 9.47 Å². The number of nitrogens with one attached hydrogen (secondary N) is 2. The number of aryl methyl sites for hydroxylation is 1. The Morgan fingerprint density at radius 1 is 1.27 bits per heavy atom. The molecule has 0 spiro atoms. The topological polar surface area (TPSA) is 58.1 Å². The summed E-state index contributed by atoms with van der Waals surface area (Å²) in [5.74, 6) is 1.75. The van der Waals surface area contributed by atoms with E-state index in [1.165, 1.54) is 5.56 Å². The third kappa shape index (κ3) is 7.22. The van der Waals surface area contributed by atoms with Crippen LogP contribution in [0.25, 0.3) is 0 Å². The van der Waals surface area contributed by atoms with Crippen molar-refractivity contribution in [1.82, 2.24) is 15.5 Å². The second-order valence-corrected chi connectivity index (χ2v) is 6.95. The number of hydrogen-bond acceptors (Lipinski definition) is 4. The second-order valence-electron chi connectivity index (χ2n) is 6.95. The predicted octanol–water partition coefficient (Wildman–Crippen LogP) is 2.04. The highest BCUT2D eigenvalue weighted by molar-refractivity contribution is 5.80. The van der Waals surface area contributed by atoms with Crippen molar-refractivity contribution >= 4 is 5.96 Å². The zero-order valence-electron chi connectivity index (χ0n) is 16.6. The molecular weight excluding hydrogens is 328 g/mol. The summed E-state index contributed by atoms with van der Waals surface area (Å²) in [4.78, 5) is 6.80. The highest BCUT2D eigenvalue weighted by Crippen LogP contribution is 2.13. The van der Waals surface area contributed by atoms with Crippen LogP contribution in [0.1, 0.15) is 25.3 Å². The monoisotopic (exact) mass is 362 g/mol. The standard InChI is InChI=1S/C20H34N4O2/c1-16-5-7-19(8-6-16)26-17(2)15-22-20(21-3)23-18-9-11-24(12-10-18)13-14-25-4/h5-8,17-18H,9-15H2,1-4H3,(H2,21,22,23). The van der Waals surface area contributed by atoms with E-state index >= 15 is 0 Å². The molecule has 26 heavy (non-hydrogen) atoms. The summed E-state index contributed by atoms with van der Waals surface area (Å²) in [6.07, 6.45) is 2.31. The van der Waals surface area contributed by atoms with Crippen molar-refractivity contribution < 1.29 is 9.47 Å². The SMILES string of the molecule is CN=C(NCC(C)Oc1ccc(C)cc1)NC1CCN(CCOC)CC1. The molecule has 0 saturated carbocycles. The number of rotatable bonds is 8. The van der Waals surface area contributed by atoms with E-state index in [0.29, 0.717) is 12.6 Å². The molecule has 1 aromatic rings. The van der Waals surface area contributed by atoms with E-state index in [2.05, 4.69) is 46.5 Å². The first-order valence-corrected chi connectivity index (χ1v) is 9.52. The van der Waals surface area contributed by atoms with Crippen LogP contribution in [0.15, 0.2) is 29.3 Å². The zero-order chi connectivity index (χ0) is 18.8. The summed E-state index contributed by atoms with van der Waals surface area (Å²) >= 11 is 0. The summed E-state index contributed by atoms with van der Waals surface area (Å²) in [7, 11) is 3.57. The molecule has 1 saturated heterocycles. The van der Waals surface area contributed by atoms with Gasteiger partial charge in [-0.2, -0.15) is 0 Å². The third-order valence-electron chi connectivity index (χ3n) is 4.68. The zero-order valence-corrected chi connectivity index (χ0v) is 16.6. The van der Waals surface area contributed by atoms with Gasteiger partial charge in [-0.25, -0.2) is 0 Å². The van der Waals surface area contributed by atoms with Crippen LogP contribution in [0.5, 0.6) is 5.75 Å². The highest BCUT2D eigenvalue weighted by atomic mass is 16.5. The van der Waals surface area contributed by atoms with Gasteiger partial charge in [-0.3, -0.25) is 4.99 Å². The van der Waals surface area contributed by atoms with Gasteiger partial charge in [0.15, 0.2) is 5.96 Å². The van der Waals surface area contributed by atoms with Crippen LogP contribution in [0, 0.1) is 6.92 Å². The van der Waals surface area contributed by atoms with Crippen molar-refractivity contribution in [2.24, 2.45) is 4.99 Å². The van der Waals surface area contributed by atoms with Gasteiger partial charge >= 0.3 is 0 Å². The Morgan fingerprint density at radius 3 is 2.58 bits per heavy atom. The van der Waals surface area contributed by atoms with Gasteiger partial charge in [0.2, 0.25) is 0 Å². The molecule has 1 atom stereocenters. The summed E-state index contributed by atoms with van der Waals surface area (Å²) < 4.78 is 11.1. The summed E-state index contributed by atoms with van der Waals surface area (Å²) in [6.45, 7) is 8.88. The van der Waals surface area contributed by atoms with E-state index < -0.39 is 0 Å². The number of likely N-dealkylation sites (tertiary alicyclic amines) is 1. The molecule has 0 amide bonds. The van der Waals surface area contributed by atoms with Crippen LogP contribution in [0.4, 0.5) is 0 Å². The highest BCUT2D eigenvalue weighted by Gasteiger charge is 2.19. The van der Waals surface area contributed by atoms with Crippen LogP contribution in [0.2, 0.25) is 0 Å². The van der Waals surface area contributed by atoms with Crippen molar-refractivity contribution in [3.8, 4) is 5.75 Å². The van der Waals surface area contributed by atoms with Gasteiger partial charge in [0.05, 0.1) is 13.2 Å². The molecule has 6 heteroatoms. The maximum Gasteiger partial charge on any atom is 0.191 e. The minimum Gasteiger partial charge on any atom is -0.489 e. The number of aliphatic imine (C=N–C) groups is 1. The maximum absolute atomic E-state index is 5.94. The molecule has 1 fully saturated rings. The van der Waals surface area contributed by atoms with Crippen LogP contribution in [-0.2, 0) is 4.74 Å². The number of hydrogen-bond donors (Lipinski definition) is 2. The quantitative estimate of drug-likeness (QED) is 0.547. The first-order chi connectivity index (χ1) is 12.6. The first kappa shape index (κ1) is 20.5. The smallest absolute Gasteiger partial charge is 0.191 e. The molecule has 6 nitrogen and oxygen atoms in total. The fraction of sp³-hybridized carbons (Fsp3) is 0.650. The number of piperidine rings is 1. The third-order valence-corrected chi connectivity index (χ3v) is 4.68. The number of guanidine groups is 1. The van der Waals surface area contributed by atoms with Crippen molar-refractivity contribution in [1.29, 1.82) is 0 Å². The lowest BCUT2D eigenvalue weighted by atomic mass is 10.1. The van der Waals surface area contributed by atoms with E-state index in [1.807, 2.05) is 19.2 Å². The fourth-order valence-corrected chi connectivity index (χ4v) is 3.04. The average Bonchev–Trinajstić information content (AvgIpc) is 2.66. The van der Waals surface area contributed by atoms with E-state index in [-0.39, 0.29) is 6.10 Å². The lowest BCUT2D eigenvalue weighted by Gasteiger charge is -2.33. The van der Waals surface area contributed by atoms with E-state index in [9.17, 15) is 0 Å². The van der Waals surface area contributed by atoms with Crippen LogP contribution in [-0.4, -0.2) is 69.9 Å². The molecule has 2 rings (SSSR count). The summed E-state index contributed by atoms with van der Waals surface area (Å²) in [5, 5.41) is 6.91. The minimum atomic E-state index is 0.0622. The normalized spacial score (nSPS) is 17.8. The minimum absolute atomic E-state index is 0.0622. The molecule has 2 N–H and O–H groups in total. The van der Waals surface area contributed by atoms with Gasteiger partial charge in [-0.15, -0.1) is 0 Å². The second kappa shape index (κ2) is 11.0. The van der Waals surface area contributed by atoms with Gasteiger partial charge in [0, 0.05) is 39.8 Å². The van der Waals surface area contributed by atoms with Crippen molar-refractivity contribution in [3.05, 3.63) is 29.8 Å². The molecule has 1 aliphatic rings. The Bertz CT molecular complexity index is 539. The molecule has 1 heterocycles. The summed E-state index contributed by atoms with van der Waals surface area (Å²) in [6, 6.07) is 8.62. The molecule has 0 bridgehead atoms. The molecule has 1 unspecified atom stereocenters. The Labute approximate surface area is 158 Å². The van der Waals surface area contributed by atoms with Gasteiger partial charge in [-0.05, 0) is 38.8 Å². The van der Waals surface area contributed by atoms with Crippen LogP contribution >= 0.6 is 0 Å². The van der Waals surface area contributed by atoms with Crippen molar-refractivity contribution in [3.63, 3.8) is 0 Å². The lowest BCUT2D eigenvalue weighted by Crippen LogP contribution is -2.50. The van der Waals surface area contributed by atoms with Gasteiger partial charge in [-0.1, -0.05) is 17.7 Å². The Balaban J connectivity index is 1.68. The maximum atomic E-state index is 5.94. The largest absolute Gasteiger partial charge is 0.489 e. The Morgan fingerprint density at radius 2 is 1.96 bits per heavy atom. The number of benzene rings is 1. The molecular formula is C20H34N4O2. The fourth-order valence-electron chi connectivity index (χ4n) is 3.04. The first-order valence-electron chi connectivity index (χ1n) is 9.52. The molecule has 1 aromatic carbocycles. The van der Waals surface area contributed by atoms with Gasteiger partial charge in [0.25, 0.3) is 0 Å². The molecule has 0 aliphatic carbocycles. The molecule has 0 radical (unpaired) electrons. The number of nitrogens with zero attached hydrogens (tertiary/aromatic N) is 2. The molecule has 0 aromatic heterocycles. The van der Waals surface area contributed by atoms with Gasteiger partial charge < -0.3 is 25.0 Å². The Hall–Kier alpha value is -1.79. The average molecular weight is 363 g/mol. The van der Waals surface area contributed by atoms with E-state index in [1.54, 1.807) is 7.11 Å². The Kier molecular flexibility index (Phi) is 8.71. The molecule has 1 aliphatic heterocycles. The van der Waals surface area contributed by atoms with Crippen molar-refractivity contribution in [2.75, 3.05) is 46.9 Å². The van der Waals surface area contributed by atoms with Crippen LogP contribution in [0.3, 0.4) is 0 Å². The van der Waals surface area contributed by atoms with E-state index in [0.717, 1.165) is 50.8 Å². The van der Waals surface area contributed by atoms with Crippen molar-refractivity contribution in [2.45, 2.75) is 38.8 Å². The summed E-state index contributed by atoms with van der Waals surface area (Å²) in [5.41, 5.74) is 1.24. The number of methoxy groups -OCH3 is 1. The predicted molar refractivity (Wildman–Crippen MR) is 107 cm³/mol. The van der Waals surface area contributed by atoms with Crippen LogP contribution < -0.4 is 15.4 Å². The van der Waals surface area contributed by atoms with Gasteiger partial charge in [0.1, 0.15) is 11.9 Å². The molecule has 146 valence electrons. The lowest BCUT2D eigenvalue weighted by molar-refractivity contribution is 0.128.